The van der Waals surface area contributed by atoms with E-state index in [1.807, 2.05) is 13.8 Å². The summed E-state index contributed by atoms with van der Waals surface area (Å²) < 4.78 is 18.1. The fraction of sp³-hybridized carbons (Fsp3) is 0.500. The summed E-state index contributed by atoms with van der Waals surface area (Å²) in [4.78, 5) is 16.2. The molecule has 0 aliphatic heterocycles. The van der Waals surface area contributed by atoms with E-state index in [-0.39, 0.29) is 29.7 Å². The Bertz CT molecular complexity index is 687. The Morgan fingerprint density at radius 1 is 1.27 bits per heavy atom. The highest BCUT2D eigenvalue weighted by atomic mass is 35.5. The van der Waals surface area contributed by atoms with Gasteiger partial charge in [-0.25, -0.2) is 4.39 Å². The fourth-order valence-corrected chi connectivity index (χ4v) is 2.34. The molecule has 2 rings (SSSR count). The standard InChI is InChI=1S/C18H25FN4O2.ClH/c1-3-18(20,4-2)12-21-15(24)6-5-7-16-22-17(23-25-16)13-8-10-14(19)11-9-13;/h8-11H,3-7,12,20H2,1-2H3,(H,21,24);1H. The molecule has 26 heavy (non-hydrogen) atoms. The van der Waals surface area contributed by atoms with Gasteiger partial charge in [-0.15, -0.1) is 12.4 Å². The lowest BCUT2D eigenvalue weighted by Crippen LogP contribution is -2.49. The van der Waals surface area contributed by atoms with Crippen LogP contribution in [0.25, 0.3) is 11.4 Å². The number of nitrogens with zero attached hydrogens (tertiary/aromatic N) is 2. The minimum absolute atomic E-state index is 0. The average molecular weight is 385 g/mol. The van der Waals surface area contributed by atoms with Gasteiger partial charge in [-0.3, -0.25) is 4.79 Å². The maximum absolute atomic E-state index is 12.9. The van der Waals surface area contributed by atoms with Crippen molar-refractivity contribution in [2.75, 3.05) is 6.54 Å². The molecule has 2 aromatic rings. The maximum Gasteiger partial charge on any atom is 0.226 e. The SMILES string of the molecule is CCC(N)(CC)CNC(=O)CCCc1nc(-c2ccc(F)cc2)no1.Cl. The molecule has 1 aromatic carbocycles. The van der Waals surface area contributed by atoms with Gasteiger partial charge in [-0.2, -0.15) is 4.98 Å². The van der Waals surface area contributed by atoms with Crippen LogP contribution in [0.15, 0.2) is 28.8 Å². The number of nitrogens with one attached hydrogen (secondary N) is 1. The number of nitrogens with two attached hydrogens (primary N) is 1. The van der Waals surface area contributed by atoms with Gasteiger partial charge in [-0.05, 0) is 43.5 Å². The van der Waals surface area contributed by atoms with Crippen molar-refractivity contribution in [3.63, 3.8) is 0 Å². The van der Waals surface area contributed by atoms with E-state index in [1.54, 1.807) is 12.1 Å². The molecular weight excluding hydrogens is 359 g/mol. The summed E-state index contributed by atoms with van der Waals surface area (Å²) in [5, 5.41) is 6.76. The molecule has 0 saturated carbocycles. The highest BCUT2D eigenvalue weighted by Gasteiger charge is 2.20. The molecule has 6 nitrogen and oxygen atoms in total. The van der Waals surface area contributed by atoms with Crippen LogP contribution in [-0.4, -0.2) is 28.1 Å². The van der Waals surface area contributed by atoms with Crippen LogP contribution in [0.4, 0.5) is 4.39 Å². The van der Waals surface area contributed by atoms with Gasteiger partial charge in [0.25, 0.3) is 0 Å². The van der Waals surface area contributed by atoms with Crippen molar-refractivity contribution in [2.45, 2.75) is 51.5 Å². The molecule has 1 amide bonds. The second-order valence-corrected chi connectivity index (χ2v) is 6.22. The van der Waals surface area contributed by atoms with Crippen molar-refractivity contribution in [1.82, 2.24) is 15.5 Å². The Balaban J connectivity index is 0.00000338. The molecule has 0 aliphatic carbocycles. The molecular formula is C18H26ClFN4O2. The third-order valence-electron chi connectivity index (χ3n) is 4.41. The first-order valence-electron chi connectivity index (χ1n) is 8.60. The van der Waals surface area contributed by atoms with Crippen molar-refractivity contribution in [3.8, 4) is 11.4 Å². The van der Waals surface area contributed by atoms with Crippen molar-refractivity contribution >= 4 is 18.3 Å². The number of halogens is 2. The Hall–Kier alpha value is -1.99. The third-order valence-corrected chi connectivity index (χ3v) is 4.41. The van der Waals surface area contributed by atoms with Gasteiger partial charge < -0.3 is 15.6 Å². The van der Waals surface area contributed by atoms with E-state index < -0.39 is 0 Å². The van der Waals surface area contributed by atoms with E-state index in [1.165, 1.54) is 12.1 Å². The second kappa shape index (κ2) is 10.2. The number of rotatable bonds is 9. The van der Waals surface area contributed by atoms with Crippen LogP contribution in [-0.2, 0) is 11.2 Å². The normalized spacial score (nSPS) is 11.1. The Morgan fingerprint density at radius 2 is 1.92 bits per heavy atom. The molecule has 3 N–H and O–H groups in total. The number of aryl methyl sites for hydroxylation is 1. The smallest absolute Gasteiger partial charge is 0.226 e. The van der Waals surface area contributed by atoms with Gasteiger partial charge in [0.05, 0.1) is 0 Å². The Kier molecular flexibility index (Phi) is 8.68. The van der Waals surface area contributed by atoms with Gasteiger partial charge >= 0.3 is 0 Å². The lowest BCUT2D eigenvalue weighted by molar-refractivity contribution is -0.121. The molecule has 0 saturated heterocycles. The third kappa shape index (κ3) is 6.38. The van der Waals surface area contributed by atoms with E-state index in [4.69, 9.17) is 10.3 Å². The molecule has 144 valence electrons. The predicted octanol–water partition coefficient (Wildman–Crippen LogP) is 3.25. The monoisotopic (exact) mass is 384 g/mol. The van der Waals surface area contributed by atoms with Crippen LogP contribution >= 0.6 is 12.4 Å². The number of hydrogen-bond donors (Lipinski definition) is 2. The van der Waals surface area contributed by atoms with Crippen molar-refractivity contribution < 1.29 is 13.7 Å². The predicted molar refractivity (Wildman–Crippen MR) is 100 cm³/mol. The van der Waals surface area contributed by atoms with Crippen LogP contribution in [0.5, 0.6) is 0 Å². The fourth-order valence-electron chi connectivity index (χ4n) is 2.34. The van der Waals surface area contributed by atoms with Crippen LogP contribution in [0, 0.1) is 5.82 Å². The summed E-state index contributed by atoms with van der Waals surface area (Å²) in [6.07, 6.45) is 3.12. The van der Waals surface area contributed by atoms with E-state index in [0.29, 0.717) is 43.1 Å². The van der Waals surface area contributed by atoms with Crippen LogP contribution in [0.1, 0.15) is 45.4 Å². The molecule has 0 aliphatic rings. The first-order chi connectivity index (χ1) is 12.0. The largest absolute Gasteiger partial charge is 0.354 e. The average Bonchev–Trinajstić information content (AvgIpc) is 3.09. The second-order valence-electron chi connectivity index (χ2n) is 6.22. The van der Waals surface area contributed by atoms with Gasteiger partial charge in [0.15, 0.2) is 0 Å². The number of aromatic nitrogens is 2. The van der Waals surface area contributed by atoms with Gasteiger partial charge in [0.1, 0.15) is 5.82 Å². The summed E-state index contributed by atoms with van der Waals surface area (Å²) in [6, 6.07) is 5.88. The summed E-state index contributed by atoms with van der Waals surface area (Å²) in [7, 11) is 0. The number of hydrogen-bond acceptors (Lipinski definition) is 5. The van der Waals surface area contributed by atoms with E-state index >= 15 is 0 Å². The first kappa shape index (κ1) is 22.1. The van der Waals surface area contributed by atoms with Crippen molar-refractivity contribution in [3.05, 3.63) is 36.0 Å². The zero-order valence-electron chi connectivity index (χ0n) is 15.1. The van der Waals surface area contributed by atoms with Crippen LogP contribution < -0.4 is 11.1 Å². The molecule has 0 unspecified atom stereocenters. The number of amides is 1. The lowest BCUT2D eigenvalue weighted by Gasteiger charge is -2.26. The maximum atomic E-state index is 12.9. The molecule has 0 bridgehead atoms. The van der Waals surface area contributed by atoms with Crippen LogP contribution in [0.3, 0.4) is 0 Å². The molecule has 1 heterocycles. The summed E-state index contributed by atoms with van der Waals surface area (Å²) >= 11 is 0. The van der Waals surface area contributed by atoms with Crippen molar-refractivity contribution in [1.29, 1.82) is 0 Å². The Labute approximate surface area is 159 Å². The molecule has 0 atom stereocenters. The molecule has 0 fully saturated rings. The highest BCUT2D eigenvalue weighted by molar-refractivity contribution is 5.85. The number of carbonyl (C=O) groups is 1. The first-order valence-corrected chi connectivity index (χ1v) is 8.60. The van der Waals surface area contributed by atoms with E-state index in [0.717, 1.165) is 12.8 Å². The summed E-state index contributed by atoms with van der Waals surface area (Å²) in [6.45, 7) is 4.52. The van der Waals surface area contributed by atoms with Gasteiger partial charge in [-0.1, -0.05) is 19.0 Å². The van der Waals surface area contributed by atoms with Gasteiger partial charge in [0.2, 0.25) is 17.6 Å². The van der Waals surface area contributed by atoms with E-state index in [9.17, 15) is 9.18 Å². The molecule has 0 spiro atoms. The quantitative estimate of drug-likeness (QED) is 0.692. The number of benzene rings is 1. The molecule has 8 heteroatoms. The van der Waals surface area contributed by atoms with Crippen LogP contribution in [0.2, 0.25) is 0 Å². The topological polar surface area (TPSA) is 94.0 Å². The minimum atomic E-state index is -0.341. The zero-order valence-corrected chi connectivity index (χ0v) is 15.9. The minimum Gasteiger partial charge on any atom is -0.354 e. The molecule has 0 radical (unpaired) electrons. The zero-order chi connectivity index (χ0) is 18.3. The highest BCUT2D eigenvalue weighted by Crippen LogP contribution is 2.17. The number of carbonyl (C=O) groups excluding carboxylic acids is 1. The van der Waals surface area contributed by atoms with E-state index in [2.05, 4.69) is 15.5 Å². The lowest BCUT2D eigenvalue weighted by atomic mass is 9.94. The summed E-state index contributed by atoms with van der Waals surface area (Å²) in [5.41, 5.74) is 6.51. The summed E-state index contributed by atoms with van der Waals surface area (Å²) in [5.74, 6) is 0.529. The van der Waals surface area contributed by atoms with Crippen molar-refractivity contribution in [2.24, 2.45) is 5.73 Å². The van der Waals surface area contributed by atoms with Gasteiger partial charge in [0, 0.05) is 30.5 Å². The Morgan fingerprint density at radius 3 is 2.54 bits per heavy atom. The molecule has 1 aromatic heterocycles.